The van der Waals surface area contributed by atoms with E-state index in [1.54, 1.807) is 0 Å². The summed E-state index contributed by atoms with van der Waals surface area (Å²) in [6.07, 6.45) is 32.4. The highest BCUT2D eigenvalue weighted by Gasteiger charge is 2.45. The highest BCUT2D eigenvalue weighted by atomic mass is 32.1. The summed E-state index contributed by atoms with van der Waals surface area (Å²) in [7, 11) is 0. The van der Waals surface area contributed by atoms with Crippen LogP contribution in [0.5, 0.6) is 0 Å². The normalized spacial score (nSPS) is 28.4. The Morgan fingerprint density at radius 2 is 0.968 bits per heavy atom. The zero-order chi connectivity index (χ0) is 19.8. The lowest BCUT2D eigenvalue weighted by Gasteiger charge is -2.31. The molecule has 0 aromatic carbocycles. The van der Waals surface area contributed by atoms with Gasteiger partial charge in [-0.3, -0.25) is 0 Å². The zero-order valence-corrected chi connectivity index (χ0v) is 17.5. The first-order valence-electron chi connectivity index (χ1n) is 11.0. The van der Waals surface area contributed by atoms with Crippen LogP contribution in [0.25, 0.3) is 22.3 Å². The van der Waals surface area contributed by atoms with Crippen molar-refractivity contribution in [3.8, 4) is 0 Å². The van der Waals surface area contributed by atoms with Crippen molar-refractivity contribution in [3.05, 3.63) is 139 Å². The molecule has 2 atom stereocenters. The minimum atomic E-state index is 0.411. The number of fused-ring (bicyclic) bond motifs is 7. The molecule has 142 valence electrons. The van der Waals surface area contributed by atoms with Crippen LogP contribution in [0.4, 0.5) is 0 Å². The van der Waals surface area contributed by atoms with E-state index in [2.05, 4.69) is 85.1 Å². The van der Waals surface area contributed by atoms with Gasteiger partial charge in [0.05, 0.1) is 0 Å². The van der Waals surface area contributed by atoms with Crippen LogP contribution in [0.1, 0.15) is 20.9 Å². The molecule has 0 saturated heterocycles. The number of rotatable bonds is 0. The van der Waals surface area contributed by atoms with E-state index in [0.717, 1.165) is 0 Å². The van der Waals surface area contributed by atoms with Gasteiger partial charge >= 0.3 is 0 Å². The molecule has 0 radical (unpaired) electrons. The molecule has 31 heavy (non-hydrogen) atoms. The van der Waals surface area contributed by atoms with Crippen molar-refractivity contribution in [1.29, 1.82) is 0 Å². The Morgan fingerprint density at radius 3 is 1.48 bits per heavy atom. The van der Waals surface area contributed by atoms with E-state index >= 15 is 0 Å². The average Bonchev–Trinajstić information content (AvgIpc) is 3.44. The van der Waals surface area contributed by atoms with Crippen LogP contribution in [0.15, 0.2) is 119 Å². The van der Waals surface area contributed by atoms with Crippen molar-refractivity contribution in [1.82, 2.24) is 0 Å². The van der Waals surface area contributed by atoms with Gasteiger partial charge in [-0.25, -0.2) is 0 Å². The van der Waals surface area contributed by atoms with Gasteiger partial charge in [-0.05, 0) is 55.7 Å². The summed E-state index contributed by atoms with van der Waals surface area (Å²) in [5, 5.41) is 0. The van der Waals surface area contributed by atoms with Gasteiger partial charge in [0.25, 0.3) is 0 Å². The first-order chi connectivity index (χ1) is 15.4. The largest absolute Gasteiger partial charge is 0.134 e. The monoisotopic (exact) mass is 408 g/mol. The fourth-order valence-electron chi connectivity index (χ4n) is 6.73. The van der Waals surface area contributed by atoms with Crippen molar-refractivity contribution < 1.29 is 0 Å². The van der Waals surface area contributed by atoms with Crippen molar-refractivity contribution in [2.75, 3.05) is 0 Å². The van der Waals surface area contributed by atoms with Gasteiger partial charge in [-0.2, -0.15) is 0 Å². The van der Waals surface area contributed by atoms with Crippen molar-refractivity contribution in [2.24, 2.45) is 11.8 Å². The lowest BCUT2D eigenvalue weighted by atomic mass is 9.72. The molecule has 8 aliphatic rings. The summed E-state index contributed by atoms with van der Waals surface area (Å²) in [5.74, 6) is 0.822. The molecule has 0 aliphatic heterocycles. The molecule has 0 N–H and O–H groups in total. The number of hydrogen-bond donors (Lipinski definition) is 0. The van der Waals surface area contributed by atoms with E-state index in [0.29, 0.717) is 11.8 Å². The van der Waals surface area contributed by atoms with Gasteiger partial charge in [0, 0.05) is 32.7 Å². The molecule has 1 aromatic rings. The van der Waals surface area contributed by atoms with Gasteiger partial charge in [0.15, 0.2) is 0 Å². The fourth-order valence-corrected chi connectivity index (χ4v) is 8.14. The molecular weight excluding hydrogens is 392 g/mol. The number of allylic oxidation sites excluding steroid dienone is 24. The minimum Gasteiger partial charge on any atom is -0.134 e. The SMILES string of the molecule is C1=CC2=CC=C3C4=C(C=CC(=C1)C24)c1c3sc2c1C1=C3C2=CC=C2C=CC=C(C=C1)C23. The lowest BCUT2D eigenvalue weighted by molar-refractivity contribution is 0.894. The van der Waals surface area contributed by atoms with Crippen LogP contribution in [0.2, 0.25) is 0 Å². The Kier molecular flexibility index (Phi) is 2.43. The molecule has 9 rings (SSSR count). The molecule has 0 fully saturated rings. The number of thiophene rings is 1. The maximum atomic E-state index is 2.39. The highest BCUT2D eigenvalue weighted by molar-refractivity contribution is 7.15. The second kappa shape index (κ2) is 4.90. The zero-order valence-electron chi connectivity index (χ0n) is 16.6. The Hall–Kier alpha value is -3.42. The van der Waals surface area contributed by atoms with Gasteiger partial charge < -0.3 is 0 Å². The molecule has 8 aliphatic carbocycles. The molecule has 0 nitrogen and oxygen atoms in total. The van der Waals surface area contributed by atoms with E-state index in [1.165, 1.54) is 76.6 Å². The maximum absolute atomic E-state index is 2.39. The standard InChI is InChI=1S/C30H16S/c1-3-15-7-11-19-25-21(13-9-17(5-1)23(15)25)29-27(19)28-20-12-8-16-4-2-6-18-10-14-22(30(28)31-29)26(20)24(16)18/h1-14,23-24H. The maximum Gasteiger partial charge on any atom is 0.0437 e. The predicted octanol–water partition coefficient (Wildman–Crippen LogP) is 7.29. The first kappa shape index (κ1) is 15.4. The first-order valence-corrected chi connectivity index (χ1v) is 11.8. The van der Waals surface area contributed by atoms with E-state index in [1.807, 2.05) is 11.3 Å². The third-order valence-electron chi connectivity index (χ3n) is 7.93. The Morgan fingerprint density at radius 1 is 0.484 bits per heavy atom. The second-order valence-electron chi connectivity index (χ2n) is 9.24. The fraction of sp³-hybridized carbons (Fsp3) is 0.0667. The average molecular weight is 409 g/mol. The Labute approximate surface area is 184 Å². The summed E-state index contributed by atoms with van der Waals surface area (Å²) in [5.41, 5.74) is 17.6. The van der Waals surface area contributed by atoms with Crippen LogP contribution in [-0.2, 0) is 0 Å². The van der Waals surface area contributed by atoms with Crippen LogP contribution in [-0.4, -0.2) is 0 Å². The molecule has 0 bridgehead atoms. The van der Waals surface area contributed by atoms with Gasteiger partial charge in [-0.1, -0.05) is 85.1 Å². The summed E-state index contributed by atoms with van der Waals surface area (Å²) < 4.78 is 0. The predicted molar refractivity (Wildman–Crippen MR) is 130 cm³/mol. The molecule has 2 unspecified atom stereocenters. The second-order valence-corrected chi connectivity index (χ2v) is 10.3. The van der Waals surface area contributed by atoms with Crippen LogP contribution >= 0.6 is 11.3 Å². The molecule has 1 heteroatoms. The van der Waals surface area contributed by atoms with Gasteiger partial charge in [0.1, 0.15) is 0 Å². The van der Waals surface area contributed by atoms with Crippen LogP contribution < -0.4 is 0 Å². The molecular formula is C30H16S. The van der Waals surface area contributed by atoms with Crippen molar-refractivity contribution in [3.63, 3.8) is 0 Å². The van der Waals surface area contributed by atoms with E-state index in [9.17, 15) is 0 Å². The summed E-state index contributed by atoms with van der Waals surface area (Å²) >= 11 is 2.02. The third kappa shape index (κ3) is 1.59. The number of hydrogen-bond acceptors (Lipinski definition) is 1. The third-order valence-corrected chi connectivity index (χ3v) is 9.19. The van der Waals surface area contributed by atoms with E-state index < -0.39 is 0 Å². The smallest absolute Gasteiger partial charge is 0.0437 e. The quantitative estimate of drug-likeness (QED) is 0.423. The lowest BCUT2D eigenvalue weighted by Crippen LogP contribution is -2.16. The van der Waals surface area contributed by atoms with E-state index in [4.69, 9.17) is 0 Å². The van der Waals surface area contributed by atoms with Gasteiger partial charge in [-0.15, -0.1) is 11.3 Å². The minimum absolute atomic E-state index is 0.411. The molecule has 0 spiro atoms. The topological polar surface area (TPSA) is 0 Å². The Balaban J connectivity index is 1.35. The molecule has 1 heterocycles. The van der Waals surface area contributed by atoms with Crippen LogP contribution in [0, 0.1) is 11.8 Å². The molecule has 0 amide bonds. The highest BCUT2D eigenvalue weighted by Crippen LogP contribution is 2.64. The van der Waals surface area contributed by atoms with Crippen molar-refractivity contribution >= 4 is 33.6 Å². The molecule has 1 aromatic heterocycles. The van der Waals surface area contributed by atoms with Crippen LogP contribution in [0.3, 0.4) is 0 Å². The Bertz CT molecular complexity index is 1480. The summed E-state index contributed by atoms with van der Waals surface area (Å²) in [4.78, 5) is 2.96. The van der Waals surface area contributed by atoms with E-state index in [-0.39, 0.29) is 0 Å². The van der Waals surface area contributed by atoms with Gasteiger partial charge in [0.2, 0.25) is 0 Å². The summed E-state index contributed by atoms with van der Waals surface area (Å²) in [6, 6.07) is 0. The van der Waals surface area contributed by atoms with Crippen molar-refractivity contribution in [2.45, 2.75) is 0 Å². The molecule has 0 saturated carbocycles. The summed E-state index contributed by atoms with van der Waals surface area (Å²) in [6.45, 7) is 0.